The molecular formula is C28H29ClN4O2S. The molecule has 36 heavy (non-hydrogen) atoms. The van der Waals surface area contributed by atoms with Crippen LogP contribution in [0.4, 0.5) is 5.69 Å². The van der Waals surface area contributed by atoms with Gasteiger partial charge in [0.2, 0.25) is 0 Å². The van der Waals surface area contributed by atoms with E-state index in [2.05, 4.69) is 22.0 Å². The molecule has 0 unspecified atom stereocenters. The van der Waals surface area contributed by atoms with Crippen LogP contribution in [0, 0.1) is 5.41 Å². The first-order valence-electron chi connectivity index (χ1n) is 12.6. The molecule has 3 aliphatic rings. The number of hydrogen-bond acceptors (Lipinski definition) is 5. The van der Waals surface area contributed by atoms with Crippen molar-refractivity contribution < 1.29 is 9.59 Å². The smallest absolute Gasteiger partial charge is 0.264 e. The zero-order valence-electron chi connectivity index (χ0n) is 20.2. The highest BCUT2D eigenvalue weighted by Crippen LogP contribution is 2.42. The van der Waals surface area contributed by atoms with Crippen LogP contribution in [0.25, 0.3) is 0 Å². The molecule has 0 atom stereocenters. The van der Waals surface area contributed by atoms with Gasteiger partial charge in [-0.1, -0.05) is 17.7 Å². The number of nitrogens with zero attached hydrogens (tertiary/aromatic N) is 4. The Hall–Kier alpha value is -2.90. The summed E-state index contributed by atoms with van der Waals surface area (Å²) in [5, 5.41) is 0. The topological polar surface area (TPSA) is 56.8 Å². The predicted molar refractivity (Wildman–Crippen MR) is 143 cm³/mol. The lowest BCUT2D eigenvalue weighted by molar-refractivity contribution is 0.0515. The van der Waals surface area contributed by atoms with Gasteiger partial charge in [-0.15, -0.1) is 11.3 Å². The fourth-order valence-corrected chi connectivity index (χ4v) is 6.93. The first-order valence-corrected chi connectivity index (χ1v) is 13.8. The van der Waals surface area contributed by atoms with Gasteiger partial charge < -0.3 is 14.7 Å². The molecule has 0 bridgehead atoms. The molecule has 0 N–H and O–H groups in total. The van der Waals surface area contributed by atoms with Crippen LogP contribution in [-0.4, -0.2) is 52.8 Å². The molecule has 0 radical (unpaired) electrons. The molecule has 6 rings (SSSR count). The highest BCUT2D eigenvalue weighted by Gasteiger charge is 2.39. The van der Waals surface area contributed by atoms with Crippen molar-refractivity contribution in [3.05, 3.63) is 80.8 Å². The van der Waals surface area contributed by atoms with E-state index in [0.717, 1.165) is 55.7 Å². The largest absolute Gasteiger partial charge is 0.371 e. The number of amides is 2. The summed E-state index contributed by atoms with van der Waals surface area (Å²) in [5.41, 5.74) is 4.51. The van der Waals surface area contributed by atoms with Crippen LogP contribution in [0.1, 0.15) is 56.8 Å². The average Bonchev–Trinajstić information content (AvgIpc) is 3.55. The van der Waals surface area contributed by atoms with E-state index in [1.54, 1.807) is 12.1 Å². The molecule has 0 saturated carbocycles. The number of rotatable bonds is 3. The van der Waals surface area contributed by atoms with E-state index < -0.39 is 0 Å². The molecule has 2 aromatic heterocycles. The van der Waals surface area contributed by atoms with Crippen LogP contribution in [0.5, 0.6) is 0 Å². The maximum Gasteiger partial charge on any atom is 0.264 e. The number of pyridine rings is 1. The monoisotopic (exact) mass is 520 g/mol. The summed E-state index contributed by atoms with van der Waals surface area (Å²) in [7, 11) is 0. The first-order chi connectivity index (χ1) is 17.5. The van der Waals surface area contributed by atoms with E-state index in [0.29, 0.717) is 27.7 Å². The Morgan fingerprint density at radius 3 is 2.19 bits per heavy atom. The molecule has 2 amide bonds. The number of piperidine rings is 2. The van der Waals surface area contributed by atoms with Crippen LogP contribution < -0.4 is 4.90 Å². The van der Waals surface area contributed by atoms with Crippen molar-refractivity contribution in [1.82, 2.24) is 14.8 Å². The second kappa shape index (κ2) is 9.52. The molecule has 0 aliphatic carbocycles. The van der Waals surface area contributed by atoms with Crippen molar-refractivity contribution in [3.8, 4) is 0 Å². The van der Waals surface area contributed by atoms with Crippen molar-refractivity contribution in [2.45, 2.75) is 38.8 Å². The second-order valence-electron chi connectivity index (χ2n) is 10.2. The Labute approximate surface area is 220 Å². The van der Waals surface area contributed by atoms with Gasteiger partial charge in [0.1, 0.15) is 0 Å². The molecule has 8 heteroatoms. The van der Waals surface area contributed by atoms with E-state index in [1.165, 1.54) is 29.9 Å². The van der Waals surface area contributed by atoms with E-state index in [4.69, 9.17) is 11.6 Å². The van der Waals surface area contributed by atoms with E-state index >= 15 is 0 Å². The number of halogens is 1. The fourth-order valence-electron chi connectivity index (χ4n) is 5.92. The Balaban J connectivity index is 1.06. The third kappa shape index (κ3) is 4.50. The standard InChI is InChI=1S/C28H29ClN4O2S/c29-25-4-3-24(36-25)27(35)33-18-21-2-1-20(17-22(21)19-33)26(34)32-15-9-28(10-16-32)7-13-31(14-8-28)23-5-11-30-12-6-23/h1-6,11-12,17H,7-10,13-16,18-19H2. The van der Waals surface area contributed by atoms with Crippen molar-refractivity contribution >= 4 is 40.4 Å². The molecule has 2 saturated heterocycles. The van der Waals surface area contributed by atoms with Gasteiger partial charge in [0.05, 0.1) is 9.21 Å². The molecule has 3 aromatic rings. The molecule has 1 spiro atoms. The van der Waals surface area contributed by atoms with Crippen molar-refractivity contribution in [2.75, 3.05) is 31.1 Å². The Kier molecular flexibility index (Phi) is 6.21. The van der Waals surface area contributed by atoms with E-state index in [9.17, 15) is 9.59 Å². The molecule has 186 valence electrons. The maximum absolute atomic E-state index is 13.4. The Bertz CT molecular complexity index is 1280. The zero-order chi connectivity index (χ0) is 24.7. The number of benzene rings is 1. The average molecular weight is 521 g/mol. The number of carbonyl (C=O) groups is 2. The Morgan fingerprint density at radius 1 is 0.806 bits per heavy atom. The van der Waals surface area contributed by atoms with Gasteiger partial charge in [0.25, 0.3) is 11.8 Å². The summed E-state index contributed by atoms with van der Waals surface area (Å²) in [6.07, 6.45) is 8.21. The van der Waals surface area contributed by atoms with Crippen LogP contribution in [-0.2, 0) is 13.1 Å². The first kappa shape index (κ1) is 23.5. The quantitative estimate of drug-likeness (QED) is 0.459. The third-order valence-electron chi connectivity index (χ3n) is 8.21. The van der Waals surface area contributed by atoms with Crippen LogP contribution >= 0.6 is 22.9 Å². The van der Waals surface area contributed by atoms with Crippen molar-refractivity contribution in [3.63, 3.8) is 0 Å². The van der Waals surface area contributed by atoms with E-state index in [1.807, 2.05) is 40.4 Å². The molecule has 3 aliphatic heterocycles. The van der Waals surface area contributed by atoms with Crippen molar-refractivity contribution in [1.29, 1.82) is 0 Å². The van der Waals surface area contributed by atoms with Gasteiger partial charge >= 0.3 is 0 Å². The number of anilines is 1. The predicted octanol–water partition coefficient (Wildman–Crippen LogP) is 5.48. The number of aromatic nitrogens is 1. The molecule has 2 fully saturated rings. The lowest BCUT2D eigenvalue weighted by Gasteiger charge is -2.47. The number of thiophene rings is 1. The summed E-state index contributed by atoms with van der Waals surface area (Å²) in [6.45, 7) is 4.86. The fraction of sp³-hybridized carbons (Fsp3) is 0.393. The normalized spacial score (nSPS) is 19.0. The maximum atomic E-state index is 13.4. The number of likely N-dealkylation sites (tertiary alicyclic amines) is 1. The summed E-state index contributed by atoms with van der Waals surface area (Å²) in [6, 6.07) is 13.6. The van der Waals surface area contributed by atoms with Gasteiger partial charge in [0.15, 0.2) is 0 Å². The third-order valence-corrected chi connectivity index (χ3v) is 9.43. The summed E-state index contributed by atoms with van der Waals surface area (Å²) >= 11 is 7.32. The van der Waals surface area contributed by atoms with Gasteiger partial charge in [-0.05, 0) is 78.6 Å². The SMILES string of the molecule is O=C(c1ccc2c(c1)CN(C(=O)c1ccc(Cl)s1)C2)N1CCC2(CC1)CCN(c1ccncc1)CC2. The van der Waals surface area contributed by atoms with Crippen molar-refractivity contribution in [2.24, 2.45) is 5.41 Å². The summed E-state index contributed by atoms with van der Waals surface area (Å²) < 4.78 is 0.616. The highest BCUT2D eigenvalue weighted by atomic mass is 35.5. The van der Waals surface area contributed by atoms with E-state index in [-0.39, 0.29) is 11.8 Å². The van der Waals surface area contributed by atoms with Crippen LogP contribution in [0.2, 0.25) is 4.34 Å². The number of hydrogen-bond donors (Lipinski definition) is 0. The van der Waals surface area contributed by atoms with Gasteiger partial charge in [-0.25, -0.2) is 0 Å². The minimum atomic E-state index is -0.00714. The van der Waals surface area contributed by atoms with Crippen LogP contribution in [0.15, 0.2) is 54.9 Å². The van der Waals surface area contributed by atoms with Gasteiger partial charge in [-0.2, -0.15) is 0 Å². The molecule has 5 heterocycles. The summed E-state index contributed by atoms with van der Waals surface area (Å²) in [5.74, 6) is 0.101. The Morgan fingerprint density at radius 2 is 1.50 bits per heavy atom. The molecule has 1 aromatic carbocycles. The lowest BCUT2D eigenvalue weighted by atomic mass is 9.71. The second-order valence-corrected chi connectivity index (χ2v) is 11.9. The minimum absolute atomic E-state index is 0.00714. The molecule has 6 nitrogen and oxygen atoms in total. The summed E-state index contributed by atoms with van der Waals surface area (Å²) in [4.78, 5) is 37.3. The van der Waals surface area contributed by atoms with Gasteiger partial charge in [-0.3, -0.25) is 14.6 Å². The highest BCUT2D eigenvalue weighted by molar-refractivity contribution is 7.17. The van der Waals surface area contributed by atoms with Gasteiger partial charge in [0, 0.05) is 62.9 Å². The lowest BCUT2D eigenvalue weighted by Crippen LogP contribution is -2.48. The molecular weight excluding hydrogens is 492 g/mol. The zero-order valence-corrected chi connectivity index (χ0v) is 21.7. The number of fused-ring (bicyclic) bond motifs is 1. The number of carbonyl (C=O) groups excluding carboxylic acids is 2. The van der Waals surface area contributed by atoms with Crippen LogP contribution in [0.3, 0.4) is 0 Å². The minimum Gasteiger partial charge on any atom is -0.371 e.